The highest BCUT2D eigenvalue weighted by atomic mass is 35.5. The molecule has 0 fully saturated rings. The molecule has 3 nitrogen and oxygen atoms in total. The predicted molar refractivity (Wildman–Crippen MR) is 75.7 cm³/mol. The molecule has 100 valence electrons. The van der Waals surface area contributed by atoms with E-state index in [-0.39, 0.29) is 11.9 Å². The first-order chi connectivity index (χ1) is 8.50. The number of amides is 1. The molecule has 0 aliphatic rings. The topological polar surface area (TPSA) is 41.1 Å². The Hall–Kier alpha value is -1.06. The number of rotatable bonds is 6. The van der Waals surface area contributed by atoms with Crippen molar-refractivity contribution in [3.05, 3.63) is 34.9 Å². The minimum absolute atomic E-state index is 0.0163. The van der Waals surface area contributed by atoms with Crippen molar-refractivity contribution in [3.8, 4) is 0 Å². The summed E-state index contributed by atoms with van der Waals surface area (Å²) in [6.45, 7) is 7.15. The highest BCUT2D eigenvalue weighted by molar-refractivity contribution is 6.31. The summed E-state index contributed by atoms with van der Waals surface area (Å²) in [5.74, 6) is 0.484. The fourth-order valence-corrected chi connectivity index (χ4v) is 1.86. The molecule has 0 radical (unpaired) electrons. The summed E-state index contributed by atoms with van der Waals surface area (Å²) in [7, 11) is 0. The highest BCUT2D eigenvalue weighted by Gasteiger charge is 2.10. The van der Waals surface area contributed by atoms with Gasteiger partial charge in [-0.2, -0.15) is 0 Å². The van der Waals surface area contributed by atoms with E-state index in [9.17, 15) is 4.79 Å². The Morgan fingerprint density at radius 3 is 2.56 bits per heavy atom. The summed E-state index contributed by atoms with van der Waals surface area (Å²) < 4.78 is 0. The fourth-order valence-electron chi connectivity index (χ4n) is 1.56. The van der Waals surface area contributed by atoms with Gasteiger partial charge in [0.25, 0.3) is 0 Å². The maximum atomic E-state index is 11.6. The molecule has 1 aromatic rings. The molecule has 1 rings (SSSR count). The minimum atomic E-state index is 0.0163. The number of nitrogens with one attached hydrogen (secondary N) is 2. The number of hydrogen-bond acceptors (Lipinski definition) is 2. The molecular formula is C14H21ClN2O. The van der Waals surface area contributed by atoms with E-state index >= 15 is 0 Å². The van der Waals surface area contributed by atoms with Crippen LogP contribution in [0.15, 0.2) is 24.3 Å². The standard InChI is InChI=1S/C14H21ClN2O/c1-10(2)8-17-14(18)9-16-11(3)12-6-4-5-7-13(12)15/h4-7,10-11,16H,8-9H2,1-3H3,(H,17,18)/t11-/m1/s1. The number of benzene rings is 1. The van der Waals surface area contributed by atoms with Gasteiger partial charge in [-0.1, -0.05) is 43.6 Å². The Morgan fingerprint density at radius 1 is 1.28 bits per heavy atom. The summed E-state index contributed by atoms with van der Waals surface area (Å²) >= 11 is 6.10. The van der Waals surface area contributed by atoms with Gasteiger partial charge in [-0.3, -0.25) is 4.79 Å². The molecule has 0 saturated carbocycles. The Labute approximate surface area is 114 Å². The van der Waals surface area contributed by atoms with Crippen molar-refractivity contribution < 1.29 is 4.79 Å². The van der Waals surface area contributed by atoms with Gasteiger partial charge in [0.1, 0.15) is 0 Å². The zero-order valence-electron chi connectivity index (χ0n) is 11.2. The van der Waals surface area contributed by atoms with Gasteiger partial charge in [0, 0.05) is 17.6 Å². The van der Waals surface area contributed by atoms with Crippen LogP contribution in [-0.2, 0) is 4.79 Å². The number of halogens is 1. The van der Waals surface area contributed by atoms with Crippen LogP contribution in [-0.4, -0.2) is 19.0 Å². The molecule has 1 amide bonds. The van der Waals surface area contributed by atoms with E-state index in [0.717, 1.165) is 10.6 Å². The molecule has 4 heteroatoms. The first kappa shape index (κ1) is 15.0. The molecule has 18 heavy (non-hydrogen) atoms. The average molecular weight is 269 g/mol. The summed E-state index contributed by atoms with van der Waals surface area (Å²) in [6.07, 6.45) is 0. The molecule has 0 aliphatic carbocycles. The highest BCUT2D eigenvalue weighted by Crippen LogP contribution is 2.21. The largest absolute Gasteiger partial charge is 0.355 e. The Kier molecular flexibility index (Phi) is 6.16. The van der Waals surface area contributed by atoms with Crippen molar-refractivity contribution in [3.63, 3.8) is 0 Å². The van der Waals surface area contributed by atoms with Gasteiger partial charge in [0.15, 0.2) is 0 Å². The Morgan fingerprint density at radius 2 is 1.94 bits per heavy atom. The summed E-state index contributed by atoms with van der Waals surface area (Å²) in [4.78, 5) is 11.6. The lowest BCUT2D eigenvalue weighted by Crippen LogP contribution is -2.36. The van der Waals surface area contributed by atoms with Gasteiger partial charge in [0.2, 0.25) is 5.91 Å². The van der Waals surface area contributed by atoms with Crippen molar-refractivity contribution in [2.24, 2.45) is 5.92 Å². The third-order valence-electron chi connectivity index (χ3n) is 2.65. The monoisotopic (exact) mass is 268 g/mol. The summed E-state index contributed by atoms with van der Waals surface area (Å²) in [5, 5.41) is 6.76. The molecule has 0 aromatic heterocycles. The summed E-state index contributed by atoms with van der Waals surface area (Å²) in [6, 6.07) is 7.72. The molecule has 1 atom stereocenters. The van der Waals surface area contributed by atoms with E-state index in [1.54, 1.807) is 0 Å². The lowest BCUT2D eigenvalue weighted by atomic mass is 10.1. The molecule has 0 heterocycles. The number of carbonyl (C=O) groups excluding carboxylic acids is 1. The van der Waals surface area contributed by atoms with Crippen LogP contribution in [0.1, 0.15) is 32.4 Å². The number of carbonyl (C=O) groups is 1. The zero-order chi connectivity index (χ0) is 13.5. The van der Waals surface area contributed by atoms with Crippen LogP contribution in [0.2, 0.25) is 5.02 Å². The lowest BCUT2D eigenvalue weighted by molar-refractivity contribution is -0.120. The lowest BCUT2D eigenvalue weighted by Gasteiger charge is -2.15. The molecule has 0 spiro atoms. The van der Waals surface area contributed by atoms with Gasteiger partial charge >= 0.3 is 0 Å². The van der Waals surface area contributed by atoms with Gasteiger partial charge < -0.3 is 10.6 Å². The first-order valence-electron chi connectivity index (χ1n) is 6.25. The first-order valence-corrected chi connectivity index (χ1v) is 6.63. The summed E-state index contributed by atoms with van der Waals surface area (Å²) in [5.41, 5.74) is 1.01. The van der Waals surface area contributed by atoms with Crippen molar-refractivity contribution in [1.29, 1.82) is 0 Å². The second kappa shape index (κ2) is 7.39. The maximum Gasteiger partial charge on any atom is 0.233 e. The molecule has 1 aromatic carbocycles. The quantitative estimate of drug-likeness (QED) is 0.833. The van der Waals surface area contributed by atoms with Crippen LogP contribution < -0.4 is 10.6 Å². The van der Waals surface area contributed by atoms with Crippen molar-refractivity contribution in [2.45, 2.75) is 26.8 Å². The van der Waals surface area contributed by atoms with E-state index in [2.05, 4.69) is 24.5 Å². The van der Waals surface area contributed by atoms with E-state index in [0.29, 0.717) is 19.0 Å². The van der Waals surface area contributed by atoms with E-state index in [1.807, 2.05) is 31.2 Å². The maximum absolute atomic E-state index is 11.6. The van der Waals surface area contributed by atoms with Gasteiger partial charge in [-0.25, -0.2) is 0 Å². The molecule has 2 N–H and O–H groups in total. The van der Waals surface area contributed by atoms with E-state index in [4.69, 9.17) is 11.6 Å². The Bertz CT molecular complexity index is 393. The van der Waals surface area contributed by atoms with Gasteiger partial charge in [-0.15, -0.1) is 0 Å². The average Bonchev–Trinajstić information content (AvgIpc) is 2.34. The van der Waals surface area contributed by atoms with Crippen LogP contribution in [0, 0.1) is 5.92 Å². The van der Waals surface area contributed by atoms with Crippen LogP contribution in [0.3, 0.4) is 0 Å². The van der Waals surface area contributed by atoms with E-state index in [1.165, 1.54) is 0 Å². The molecule has 0 unspecified atom stereocenters. The van der Waals surface area contributed by atoms with Crippen molar-refractivity contribution in [2.75, 3.05) is 13.1 Å². The molecule has 0 bridgehead atoms. The van der Waals surface area contributed by atoms with Crippen LogP contribution >= 0.6 is 11.6 Å². The normalized spacial score (nSPS) is 12.5. The second-order valence-electron chi connectivity index (χ2n) is 4.82. The SMILES string of the molecule is CC(C)CNC(=O)CN[C@H](C)c1ccccc1Cl. The molecular weight excluding hydrogens is 248 g/mol. The van der Waals surface area contributed by atoms with Gasteiger partial charge in [-0.05, 0) is 24.5 Å². The van der Waals surface area contributed by atoms with E-state index < -0.39 is 0 Å². The van der Waals surface area contributed by atoms with Crippen molar-refractivity contribution >= 4 is 17.5 Å². The number of hydrogen-bond donors (Lipinski definition) is 2. The minimum Gasteiger partial charge on any atom is -0.355 e. The zero-order valence-corrected chi connectivity index (χ0v) is 11.9. The van der Waals surface area contributed by atoms with Crippen LogP contribution in [0.25, 0.3) is 0 Å². The third-order valence-corrected chi connectivity index (χ3v) is 2.99. The second-order valence-corrected chi connectivity index (χ2v) is 5.23. The van der Waals surface area contributed by atoms with Gasteiger partial charge in [0.05, 0.1) is 6.54 Å². The van der Waals surface area contributed by atoms with Crippen LogP contribution in [0.4, 0.5) is 0 Å². The van der Waals surface area contributed by atoms with Crippen LogP contribution in [0.5, 0.6) is 0 Å². The Balaban J connectivity index is 2.39. The smallest absolute Gasteiger partial charge is 0.233 e. The molecule has 0 saturated heterocycles. The fraction of sp³-hybridized carbons (Fsp3) is 0.500. The predicted octanol–water partition coefficient (Wildman–Crippen LogP) is 2.76. The molecule has 0 aliphatic heterocycles. The third kappa shape index (κ3) is 5.07. The van der Waals surface area contributed by atoms with Crippen molar-refractivity contribution in [1.82, 2.24) is 10.6 Å².